The molecule has 1 saturated carbocycles. The Morgan fingerprint density at radius 2 is 1.40 bits per heavy atom. The van der Waals surface area contributed by atoms with Crippen molar-refractivity contribution in [1.82, 2.24) is 9.21 Å². The van der Waals surface area contributed by atoms with Crippen molar-refractivity contribution in [1.29, 1.82) is 0 Å². The number of carboxylic acids is 2. The topological polar surface area (TPSA) is 115 Å². The zero-order valence-electron chi connectivity index (χ0n) is 16.6. The molecule has 2 aromatic carbocycles. The maximum atomic E-state index is 13.0. The summed E-state index contributed by atoms with van der Waals surface area (Å²) < 4.78 is 27.6. The molecule has 2 aliphatic rings. The fourth-order valence-electron chi connectivity index (χ4n) is 4.06. The van der Waals surface area contributed by atoms with Crippen LogP contribution in [-0.4, -0.2) is 72.0 Å². The summed E-state index contributed by atoms with van der Waals surface area (Å²) in [5.74, 6) is -3.65. The summed E-state index contributed by atoms with van der Waals surface area (Å²) in [6.45, 7) is 2.92. The lowest BCUT2D eigenvalue weighted by atomic mass is 10.1. The van der Waals surface area contributed by atoms with E-state index in [2.05, 4.69) is 4.90 Å². The molecular formula is C21H26N2O6S. The second-order valence-corrected chi connectivity index (χ2v) is 9.44. The summed E-state index contributed by atoms with van der Waals surface area (Å²) in [6, 6.07) is 14.0. The Morgan fingerprint density at radius 1 is 0.833 bits per heavy atom. The van der Waals surface area contributed by atoms with Crippen LogP contribution in [0.25, 0.3) is 10.8 Å². The van der Waals surface area contributed by atoms with Gasteiger partial charge in [-0.25, -0.2) is 18.0 Å². The van der Waals surface area contributed by atoms with Crippen LogP contribution in [0.2, 0.25) is 0 Å². The molecule has 2 fully saturated rings. The molecule has 30 heavy (non-hydrogen) atoms. The minimum Gasteiger partial charge on any atom is -0.473 e. The third-order valence-electron chi connectivity index (χ3n) is 5.66. The number of carboxylic acid groups (broad SMARTS) is 2. The maximum absolute atomic E-state index is 13.0. The molecule has 0 amide bonds. The van der Waals surface area contributed by atoms with Gasteiger partial charge < -0.3 is 10.2 Å². The van der Waals surface area contributed by atoms with Gasteiger partial charge in [-0.3, -0.25) is 4.90 Å². The summed E-state index contributed by atoms with van der Waals surface area (Å²) in [6.07, 6.45) is 5.19. The van der Waals surface area contributed by atoms with Gasteiger partial charge in [0.2, 0.25) is 10.0 Å². The lowest BCUT2D eigenvalue weighted by Gasteiger charge is -2.37. The average molecular weight is 435 g/mol. The lowest BCUT2D eigenvalue weighted by molar-refractivity contribution is -0.159. The van der Waals surface area contributed by atoms with Crippen LogP contribution in [0.15, 0.2) is 47.4 Å². The van der Waals surface area contributed by atoms with Gasteiger partial charge in [0.25, 0.3) is 0 Å². The van der Waals surface area contributed by atoms with Gasteiger partial charge in [0, 0.05) is 32.2 Å². The smallest absolute Gasteiger partial charge is 0.414 e. The summed E-state index contributed by atoms with van der Waals surface area (Å²) in [5, 5.41) is 16.8. The Labute approximate surface area is 175 Å². The van der Waals surface area contributed by atoms with Gasteiger partial charge in [-0.15, -0.1) is 0 Å². The number of aliphatic carboxylic acids is 2. The zero-order valence-corrected chi connectivity index (χ0v) is 17.4. The van der Waals surface area contributed by atoms with E-state index in [1.807, 2.05) is 30.3 Å². The molecule has 0 unspecified atom stereocenters. The summed E-state index contributed by atoms with van der Waals surface area (Å²) in [4.78, 5) is 21.1. The van der Waals surface area contributed by atoms with Gasteiger partial charge >= 0.3 is 11.9 Å². The van der Waals surface area contributed by atoms with E-state index in [-0.39, 0.29) is 0 Å². The van der Waals surface area contributed by atoms with Crippen LogP contribution in [0, 0.1) is 0 Å². The van der Waals surface area contributed by atoms with Crippen molar-refractivity contribution in [3.8, 4) is 0 Å². The van der Waals surface area contributed by atoms with Crippen LogP contribution in [0.4, 0.5) is 0 Å². The number of hydrogen-bond acceptors (Lipinski definition) is 5. The summed E-state index contributed by atoms with van der Waals surface area (Å²) in [5.41, 5.74) is 0. The Bertz CT molecular complexity index is 997. The molecule has 1 saturated heterocycles. The number of hydrogen-bond donors (Lipinski definition) is 2. The molecule has 1 heterocycles. The molecule has 1 aliphatic heterocycles. The molecule has 0 atom stereocenters. The van der Waals surface area contributed by atoms with E-state index in [4.69, 9.17) is 19.8 Å². The van der Waals surface area contributed by atoms with Crippen LogP contribution < -0.4 is 0 Å². The first-order chi connectivity index (χ1) is 14.3. The van der Waals surface area contributed by atoms with Crippen molar-refractivity contribution < 1.29 is 28.2 Å². The van der Waals surface area contributed by atoms with Gasteiger partial charge in [0.1, 0.15) is 0 Å². The predicted octanol–water partition coefficient (Wildman–Crippen LogP) is 2.24. The molecule has 162 valence electrons. The molecular weight excluding hydrogens is 408 g/mol. The van der Waals surface area contributed by atoms with Gasteiger partial charge in [0.05, 0.1) is 4.90 Å². The van der Waals surface area contributed by atoms with Crippen molar-refractivity contribution in [3.63, 3.8) is 0 Å². The number of carbonyl (C=O) groups is 2. The first kappa shape index (κ1) is 22.2. The van der Waals surface area contributed by atoms with Crippen LogP contribution in [0.3, 0.4) is 0 Å². The maximum Gasteiger partial charge on any atom is 0.414 e. The van der Waals surface area contributed by atoms with Crippen LogP contribution in [0.5, 0.6) is 0 Å². The molecule has 9 heteroatoms. The molecule has 8 nitrogen and oxygen atoms in total. The molecule has 1 aliphatic carbocycles. The summed E-state index contributed by atoms with van der Waals surface area (Å²) >= 11 is 0. The average Bonchev–Trinajstić information content (AvgIpc) is 3.29. The van der Waals surface area contributed by atoms with E-state index in [0.29, 0.717) is 24.0 Å². The third-order valence-corrected chi connectivity index (χ3v) is 7.55. The fourth-order valence-corrected chi connectivity index (χ4v) is 5.51. The van der Waals surface area contributed by atoms with Crippen LogP contribution in [-0.2, 0) is 19.6 Å². The summed E-state index contributed by atoms with van der Waals surface area (Å²) in [7, 11) is -3.39. The second kappa shape index (κ2) is 9.55. The Balaban J connectivity index is 0.000000377. The molecule has 0 bridgehead atoms. The van der Waals surface area contributed by atoms with E-state index < -0.39 is 22.0 Å². The van der Waals surface area contributed by atoms with E-state index in [1.54, 1.807) is 16.4 Å². The van der Waals surface area contributed by atoms with E-state index in [1.165, 1.54) is 25.7 Å². The normalized spacial score (nSPS) is 18.7. The Hall–Kier alpha value is -2.49. The highest BCUT2D eigenvalue weighted by Crippen LogP contribution is 2.27. The number of rotatable bonds is 3. The van der Waals surface area contributed by atoms with Gasteiger partial charge in [0.15, 0.2) is 0 Å². The molecule has 4 rings (SSSR count). The minimum absolute atomic E-state index is 0.413. The molecule has 0 aromatic heterocycles. The predicted molar refractivity (Wildman–Crippen MR) is 112 cm³/mol. The Kier molecular flexibility index (Phi) is 7.06. The zero-order chi connectivity index (χ0) is 21.7. The Morgan fingerprint density at radius 3 is 1.97 bits per heavy atom. The number of piperazine rings is 1. The first-order valence-corrected chi connectivity index (χ1v) is 11.4. The van der Waals surface area contributed by atoms with Gasteiger partial charge in [-0.1, -0.05) is 43.2 Å². The first-order valence-electron chi connectivity index (χ1n) is 9.98. The fraction of sp³-hybridized carbons (Fsp3) is 0.429. The third kappa shape index (κ3) is 5.16. The van der Waals surface area contributed by atoms with Crippen molar-refractivity contribution in [2.45, 2.75) is 36.6 Å². The number of sulfonamides is 1. The molecule has 2 N–H and O–H groups in total. The van der Waals surface area contributed by atoms with Crippen molar-refractivity contribution >= 4 is 32.7 Å². The monoisotopic (exact) mass is 434 g/mol. The quantitative estimate of drug-likeness (QED) is 0.712. The van der Waals surface area contributed by atoms with E-state index >= 15 is 0 Å². The SMILES string of the molecule is O=C(O)C(=O)O.O=S(=O)(c1ccc2ccccc2c1)N1CCN(C2CCCC2)CC1. The highest BCUT2D eigenvalue weighted by Gasteiger charge is 2.31. The highest BCUT2D eigenvalue weighted by atomic mass is 32.2. The standard InChI is InChI=1S/C19H24N2O2S.C2H2O4/c22-24(23,19-10-9-16-5-1-2-6-17(16)15-19)21-13-11-20(12-14-21)18-7-3-4-8-18;3-1(4)2(5)6/h1-2,5-6,9-10,15,18H,3-4,7-8,11-14H2;(H,3,4)(H,5,6). The van der Waals surface area contributed by atoms with Gasteiger partial charge in [-0.2, -0.15) is 4.31 Å². The van der Waals surface area contributed by atoms with Crippen molar-refractivity contribution in [2.75, 3.05) is 26.2 Å². The van der Waals surface area contributed by atoms with Crippen LogP contribution >= 0.6 is 0 Å². The minimum atomic E-state index is -3.39. The van der Waals surface area contributed by atoms with Crippen LogP contribution in [0.1, 0.15) is 25.7 Å². The number of benzene rings is 2. The van der Waals surface area contributed by atoms with Gasteiger partial charge in [-0.05, 0) is 35.7 Å². The number of nitrogens with zero attached hydrogens (tertiary/aromatic N) is 2. The largest absolute Gasteiger partial charge is 0.473 e. The van der Waals surface area contributed by atoms with E-state index in [9.17, 15) is 8.42 Å². The second-order valence-electron chi connectivity index (χ2n) is 7.50. The molecule has 0 radical (unpaired) electrons. The van der Waals surface area contributed by atoms with Crippen molar-refractivity contribution in [2.24, 2.45) is 0 Å². The van der Waals surface area contributed by atoms with E-state index in [0.717, 1.165) is 23.9 Å². The van der Waals surface area contributed by atoms with Crippen molar-refractivity contribution in [3.05, 3.63) is 42.5 Å². The lowest BCUT2D eigenvalue weighted by Crippen LogP contribution is -2.51. The highest BCUT2D eigenvalue weighted by molar-refractivity contribution is 7.89. The molecule has 2 aromatic rings. The molecule has 0 spiro atoms. The number of fused-ring (bicyclic) bond motifs is 1.